The van der Waals surface area contributed by atoms with Crippen LogP contribution in [0.15, 0.2) is 77.0 Å². The largest absolute Gasteiger partial charge is 0.493 e. The van der Waals surface area contributed by atoms with Crippen LogP contribution in [0.25, 0.3) is 17.2 Å². The third kappa shape index (κ3) is 8.52. The fourth-order valence-corrected chi connectivity index (χ4v) is 3.70. The molecule has 0 aliphatic heterocycles. The molecule has 3 rings (SSSR count). The molecule has 5 nitrogen and oxygen atoms in total. The zero-order chi connectivity index (χ0) is 27.5. The van der Waals surface area contributed by atoms with Crippen molar-refractivity contribution in [3.63, 3.8) is 0 Å². The summed E-state index contributed by atoms with van der Waals surface area (Å²) in [5.74, 6) is 1.68. The minimum Gasteiger partial charge on any atom is -0.493 e. The molecule has 0 radical (unpaired) electrons. The van der Waals surface area contributed by atoms with E-state index in [-0.39, 0.29) is 0 Å². The molecular weight excluding hydrogens is 544 g/mol. The maximum atomic E-state index is 11.6. The fourth-order valence-electron chi connectivity index (χ4n) is 3.52. The summed E-state index contributed by atoms with van der Waals surface area (Å²) in [5, 5.41) is 0. The minimum absolute atomic E-state index is 0.397. The highest BCUT2D eigenvalue weighted by Crippen LogP contribution is 2.33. The van der Waals surface area contributed by atoms with E-state index in [2.05, 4.69) is 72.2 Å². The highest BCUT2D eigenvalue weighted by Gasteiger charge is 2.10. The lowest BCUT2D eigenvalue weighted by Crippen LogP contribution is -1.99. The van der Waals surface area contributed by atoms with Crippen LogP contribution in [-0.2, 0) is 16.1 Å². The molecule has 0 saturated heterocycles. The Morgan fingerprint density at radius 1 is 0.947 bits per heavy atom. The normalized spacial score (nSPS) is 10.8. The van der Waals surface area contributed by atoms with E-state index in [4.69, 9.17) is 18.9 Å². The van der Waals surface area contributed by atoms with Crippen molar-refractivity contribution in [2.45, 2.75) is 47.1 Å². The van der Waals surface area contributed by atoms with Crippen molar-refractivity contribution in [2.24, 2.45) is 0 Å². The van der Waals surface area contributed by atoms with Gasteiger partial charge < -0.3 is 18.9 Å². The molecule has 0 amide bonds. The maximum Gasteiger partial charge on any atom is 0.330 e. The number of allylic oxidation sites excluding steroid dienone is 1. The second kappa shape index (κ2) is 14.4. The summed E-state index contributed by atoms with van der Waals surface area (Å²) >= 11 is 3.45. The van der Waals surface area contributed by atoms with Crippen LogP contribution in [0.2, 0.25) is 0 Å². The Kier molecular flexibility index (Phi) is 11.0. The third-order valence-electron chi connectivity index (χ3n) is 5.74. The molecule has 6 heteroatoms. The standard InChI is InChI=1S/C32H35BrO5/c1-6-7-18-36-29-16-8-23(4)19-28(29)25-11-9-24(10-12-25)21-37-27-15-13-26(14-17-31(34)35-5)30(20-27)38-32(33)22(2)3/h8-17,19-20H,6-7,18,21H2,1-5H3/b17-14+. The highest BCUT2D eigenvalue weighted by molar-refractivity contribution is 9.11. The van der Waals surface area contributed by atoms with Crippen LogP contribution in [0.1, 0.15) is 50.3 Å². The second-order valence-corrected chi connectivity index (χ2v) is 9.84. The molecule has 0 spiro atoms. The Balaban J connectivity index is 1.76. The molecule has 0 bridgehead atoms. The average Bonchev–Trinajstić information content (AvgIpc) is 2.92. The first kappa shape index (κ1) is 29.1. The van der Waals surface area contributed by atoms with Crippen molar-refractivity contribution >= 4 is 28.0 Å². The summed E-state index contributed by atoms with van der Waals surface area (Å²) in [4.78, 5) is 11.6. The number of unbranched alkanes of at least 4 members (excludes halogenated alkanes) is 1. The molecule has 3 aromatic rings. The van der Waals surface area contributed by atoms with Crippen LogP contribution in [0.4, 0.5) is 0 Å². The molecule has 200 valence electrons. The van der Waals surface area contributed by atoms with Gasteiger partial charge in [-0.1, -0.05) is 49.2 Å². The Bertz CT molecular complexity index is 1290. The molecule has 38 heavy (non-hydrogen) atoms. The van der Waals surface area contributed by atoms with E-state index in [0.717, 1.165) is 46.4 Å². The van der Waals surface area contributed by atoms with Gasteiger partial charge in [0.15, 0.2) is 4.67 Å². The van der Waals surface area contributed by atoms with Crippen LogP contribution >= 0.6 is 15.9 Å². The molecule has 0 N–H and O–H groups in total. The number of carbonyl (C=O) groups excluding carboxylic acids is 1. The molecule has 0 aliphatic rings. The Hall–Kier alpha value is -3.51. The molecule has 3 aromatic carbocycles. The fraction of sp³-hybridized carbons (Fsp3) is 0.281. The molecule has 0 aromatic heterocycles. The summed E-state index contributed by atoms with van der Waals surface area (Å²) < 4.78 is 23.4. The number of esters is 1. The van der Waals surface area contributed by atoms with Crippen molar-refractivity contribution in [3.05, 3.63) is 93.7 Å². The van der Waals surface area contributed by atoms with E-state index in [1.807, 2.05) is 32.0 Å². The molecule has 0 fully saturated rings. The third-order valence-corrected chi connectivity index (χ3v) is 6.69. The van der Waals surface area contributed by atoms with Gasteiger partial charge in [0, 0.05) is 23.3 Å². The van der Waals surface area contributed by atoms with E-state index < -0.39 is 5.97 Å². The number of aryl methyl sites for hydroxylation is 1. The lowest BCUT2D eigenvalue weighted by molar-refractivity contribution is -0.134. The van der Waals surface area contributed by atoms with Crippen molar-refractivity contribution < 1.29 is 23.7 Å². The summed E-state index contributed by atoms with van der Waals surface area (Å²) in [6, 6.07) is 20.1. The van der Waals surface area contributed by atoms with Gasteiger partial charge in [-0.3, -0.25) is 0 Å². The number of rotatable bonds is 12. The SMILES string of the molecule is CCCCOc1ccc(C)cc1-c1ccc(COc2ccc(/C=C/C(=O)OC)c(OC(Br)=C(C)C)c2)cc1. The van der Waals surface area contributed by atoms with Crippen LogP contribution < -0.4 is 14.2 Å². The van der Waals surface area contributed by atoms with E-state index in [9.17, 15) is 4.79 Å². The molecule has 0 unspecified atom stereocenters. The zero-order valence-electron chi connectivity index (χ0n) is 22.7. The molecule has 0 atom stereocenters. The number of methoxy groups -OCH3 is 1. The summed E-state index contributed by atoms with van der Waals surface area (Å²) in [6.07, 6.45) is 5.14. The topological polar surface area (TPSA) is 54.0 Å². The zero-order valence-corrected chi connectivity index (χ0v) is 24.3. The Morgan fingerprint density at radius 3 is 2.39 bits per heavy atom. The second-order valence-electron chi connectivity index (χ2n) is 9.12. The van der Waals surface area contributed by atoms with Gasteiger partial charge in [-0.05, 0) is 90.2 Å². The number of benzene rings is 3. The Morgan fingerprint density at radius 2 is 1.71 bits per heavy atom. The van der Waals surface area contributed by atoms with Crippen molar-refractivity contribution in [1.29, 1.82) is 0 Å². The average molecular weight is 580 g/mol. The van der Waals surface area contributed by atoms with Crippen molar-refractivity contribution in [2.75, 3.05) is 13.7 Å². The summed E-state index contributed by atoms with van der Waals surface area (Å²) in [6.45, 7) is 9.24. The van der Waals surface area contributed by atoms with E-state index in [1.165, 1.54) is 18.7 Å². The number of hydrogen-bond donors (Lipinski definition) is 0. The van der Waals surface area contributed by atoms with Gasteiger partial charge >= 0.3 is 5.97 Å². The lowest BCUT2D eigenvalue weighted by atomic mass is 10.0. The monoisotopic (exact) mass is 578 g/mol. The smallest absolute Gasteiger partial charge is 0.330 e. The number of ether oxygens (including phenoxy) is 4. The van der Waals surface area contributed by atoms with Crippen LogP contribution in [0, 0.1) is 6.92 Å². The van der Waals surface area contributed by atoms with Gasteiger partial charge in [-0.25, -0.2) is 4.79 Å². The number of hydrogen-bond acceptors (Lipinski definition) is 5. The van der Waals surface area contributed by atoms with Crippen LogP contribution in [-0.4, -0.2) is 19.7 Å². The summed E-state index contributed by atoms with van der Waals surface area (Å²) in [7, 11) is 1.34. The van der Waals surface area contributed by atoms with Crippen molar-refractivity contribution in [1.82, 2.24) is 0 Å². The predicted molar refractivity (Wildman–Crippen MR) is 157 cm³/mol. The van der Waals surface area contributed by atoms with Gasteiger partial charge in [0.1, 0.15) is 23.9 Å². The van der Waals surface area contributed by atoms with Gasteiger partial charge in [-0.2, -0.15) is 0 Å². The van der Waals surface area contributed by atoms with Gasteiger partial charge in [0.2, 0.25) is 0 Å². The summed E-state index contributed by atoms with van der Waals surface area (Å²) in [5.41, 5.74) is 6.13. The minimum atomic E-state index is -0.439. The highest BCUT2D eigenvalue weighted by atomic mass is 79.9. The van der Waals surface area contributed by atoms with Crippen LogP contribution in [0.3, 0.4) is 0 Å². The van der Waals surface area contributed by atoms with Gasteiger partial charge in [0.25, 0.3) is 0 Å². The predicted octanol–water partition coefficient (Wildman–Crippen LogP) is 8.63. The maximum absolute atomic E-state index is 11.6. The van der Waals surface area contributed by atoms with E-state index in [1.54, 1.807) is 6.08 Å². The molecule has 0 heterocycles. The molecule has 0 aliphatic carbocycles. The van der Waals surface area contributed by atoms with E-state index >= 15 is 0 Å². The van der Waals surface area contributed by atoms with Gasteiger partial charge in [-0.15, -0.1) is 0 Å². The molecular formula is C32H35BrO5. The number of carbonyl (C=O) groups is 1. The first-order chi connectivity index (χ1) is 18.3. The van der Waals surface area contributed by atoms with Crippen LogP contribution in [0.5, 0.6) is 17.2 Å². The quantitative estimate of drug-likeness (QED) is 0.0931. The lowest BCUT2D eigenvalue weighted by Gasteiger charge is -2.14. The molecule has 0 saturated carbocycles. The van der Waals surface area contributed by atoms with E-state index in [0.29, 0.717) is 29.4 Å². The number of halogens is 1. The first-order valence-corrected chi connectivity index (χ1v) is 13.5. The van der Waals surface area contributed by atoms with Gasteiger partial charge in [0.05, 0.1) is 13.7 Å². The van der Waals surface area contributed by atoms with Crippen molar-refractivity contribution in [3.8, 4) is 28.4 Å². The first-order valence-electron chi connectivity index (χ1n) is 12.7. The Labute approximate surface area is 234 Å².